The summed E-state index contributed by atoms with van der Waals surface area (Å²) in [6.45, 7) is 0.292. The molecule has 6 heteroatoms. The minimum absolute atomic E-state index is 0.0502. The van der Waals surface area contributed by atoms with Crippen LogP contribution in [-0.2, 0) is 4.74 Å². The Balaban J connectivity index is 2.32. The van der Waals surface area contributed by atoms with Crippen LogP contribution in [-0.4, -0.2) is 36.9 Å². The highest BCUT2D eigenvalue weighted by molar-refractivity contribution is 5.67. The van der Waals surface area contributed by atoms with E-state index < -0.39 is 18.9 Å². The standard InChI is InChI=1S/C9H14F3NO2/c1-6(7-3-4-7)13(2)8(14)15-5-9(10,11)12/h6-7H,3-5H2,1-2H3. The molecule has 3 nitrogen and oxygen atoms in total. The van der Waals surface area contributed by atoms with E-state index in [0.29, 0.717) is 5.92 Å². The molecule has 1 amide bonds. The maximum absolute atomic E-state index is 11.8. The van der Waals surface area contributed by atoms with Crippen LogP contribution in [0.5, 0.6) is 0 Å². The van der Waals surface area contributed by atoms with Gasteiger partial charge in [-0.3, -0.25) is 0 Å². The maximum Gasteiger partial charge on any atom is 0.422 e. The molecule has 0 heterocycles. The molecule has 1 rings (SSSR count). The first-order valence-corrected chi connectivity index (χ1v) is 4.77. The van der Waals surface area contributed by atoms with Crippen LogP contribution in [0.25, 0.3) is 0 Å². The van der Waals surface area contributed by atoms with Crippen LogP contribution >= 0.6 is 0 Å². The lowest BCUT2D eigenvalue weighted by Crippen LogP contribution is -2.38. The SMILES string of the molecule is CC(C1CC1)N(C)C(=O)OCC(F)(F)F. The van der Waals surface area contributed by atoms with Gasteiger partial charge in [-0.1, -0.05) is 0 Å². The molecule has 88 valence electrons. The zero-order chi connectivity index (χ0) is 11.6. The molecule has 0 aliphatic heterocycles. The van der Waals surface area contributed by atoms with Gasteiger partial charge in [0.15, 0.2) is 6.61 Å². The normalized spacial score (nSPS) is 18.5. The van der Waals surface area contributed by atoms with E-state index in [1.54, 1.807) is 0 Å². The Morgan fingerprint density at radius 1 is 1.53 bits per heavy atom. The number of nitrogens with zero attached hydrogens (tertiary/aromatic N) is 1. The molecule has 0 aromatic rings. The first-order chi connectivity index (χ1) is 6.81. The van der Waals surface area contributed by atoms with E-state index >= 15 is 0 Å². The van der Waals surface area contributed by atoms with Crippen molar-refractivity contribution in [2.75, 3.05) is 13.7 Å². The summed E-state index contributed by atoms with van der Waals surface area (Å²) in [4.78, 5) is 12.4. The molecular formula is C9H14F3NO2. The summed E-state index contributed by atoms with van der Waals surface area (Å²) in [5.74, 6) is 0.411. The molecule has 15 heavy (non-hydrogen) atoms. The Morgan fingerprint density at radius 3 is 2.47 bits per heavy atom. The molecule has 1 atom stereocenters. The number of carbonyl (C=O) groups excluding carboxylic acids is 1. The Hall–Kier alpha value is -0.940. The van der Waals surface area contributed by atoms with E-state index in [-0.39, 0.29) is 6.04 Å². The van der Waals surface area contributed by atoms with Crippen LogP contribution < -0.4 is 0 Å². The van der Waals surface area contributed by atoms with Gasteiger partial charge in [0.05, 0.1) is 0 Å². The molecule has 0 spiro atoms. The molecule has 1 unspecified atom stereocenters. The van der Waals surface area contributed by atoms with E-state index in [2.05, 4.69) is 4.74 Å². The third kappa shape index (κ3) is 3.97. The molecule has 0 saturated heterocycles. The largest absolute Gasteiger partial charge is 0.440 e. The Bertz CT molecular complexity index is 238. The number of ether oxygens (including phenoxy) is 1. The Labute approximate surface area is 86.2 Å². The highest BCUT2D eigenvalue weighted by atomic mass is 19.4. The second-order valence-corrected chi connectivity index (χ2v) is 3.86. The third-order valence-electron chi connectivity index (χ3n) is 2.56. The lowest BCUT2D eigenvalue weighted by atomic mass is 10.2. The Kier molecular flexibility index (Phi) is 3.46. The van der Waals surface area contributed by atoms with Gasteiger partial charge in [0.2, 0.25) is 0 Å². The molecule has 0 N–H and O–H groups in total. The lowest BCUT2D eigenvalue weighted by molar-refractivity contribution is -0.162. The van der Waals surface area contributed by atoms with Crippen molar-refractivity contribution in [1.82, 2.24) is 4.90 Å². The zero-order valence-corrected chi connectivity index (χ0v) is 8.67. The number of carbonyl (C=O) groups is 1. The van der Waals surface area contributed by atoms with Crippen molar-refractivity contribution in [3.05, 3.63) is 0 Å². The van der Waals surface area contributed by atoms with Gasteiger partial charge in [-0.15, -0.1) is 0 Å². The summed E-state index contributed by atoms with van der Waals surface area (Å²) < 4.78 is 39.4. The van der Waals surface area contributed by atoms with Crippen LogP contribution in [0.4, 0.5) is 18.0 Å². The van der Waals surface area contributed by atoms with E-state index in [0.717, 1.165) is 12.8 Å². The van der Waals surface area contributed by atoms with Gasteiger partial charge in [0.25, 0.3) is 0 Å². The average Bonchev–Trinajstić information content (AvgIpc) is 2.93. The number of hydrogen-bond donors (Lipinski definition) is 0. The number of hydrogen-bond acceptors (Lipinski definition) is 2. The summed E-state index contributed by atoms with van der Waals surface area (Å²) in [6.07, 6.45) is -3.32. The van der Waals surface area contributed by atoms with Crippen molar-refractivity contribution in [1.29, 1.82) is 0 Å². The third-order valence-corrected chi connectivity index (χ3v) is 2.56. The highest BCUT2D eigenvalue weighted by Gasteiger charge is 2.35. The molecule has 0 aromatic carbocycles. The molecule has 1 aliphatic carbocycles. The number of alkyl halides is 3. The number of rotatable bonds is 3. The van der Waals surface area contributed by atoms with Gasteiger partial charge >= 0.3 is 12.3 Å². The van der Waals surface area contributed by atoms with Crippen molar-refractivity contribution < 1.29 is 22.7 Å². The van der Waals surface area contributed by atoms with Crippen LogP contribution in [0.3, 0.4) is 0 Å². The van der Waals surface area contributed by atoms with Crippen molar-refractivity contribution >= 4 is 6.09 Å². The summed E-state index contributed by atoms with van der Waals surface area (Å²) in [5, 5.41) is 0. The minimum Gasteiger partial charge on any atom is -0.440 e. The summed E-state index contributed by atoms with van der Waals surface area (Å²) >= 11 is 0. The fourth-order valence-electron chi connectivity index (χ4n) is 1.31. The molecule has 1 aliphatic rings. The first-order valence-electron chi connectivity index (χ1n) is 4.77. The molecule has 0 radical (unpaired) electrons. The molecule has 0 aromatic heterocycles. The fourth-order valence-corrected chi connectivity index (χ4v) is 1.31. The van der Waals surface area contributed by atoms with Crippen LogP contribution in [0.2, 0.25) is 0 Å². The predicted molar refractivity (Wildman–Crippen MR) is 47.4 cm³/mol. The van der Waals surface area contributed by atoms with E-state index in [1.165, 1.54) is 11.9 Å². The van der Waals surface area contributed by atoms with Crippen molar-refractivity contribution in [2.24, 2.45) is 5.92 Å². The average molecular weight is 225 g/mol. The smallest absolute Gasteiger partial charge is 0.422 e. The molecule has 1 fully saturated rings. The van der Waals surface area contributed by atoms with Crippen molar-refractivity contribution in [2.45, 2.75) is 32.0 Å². The second kappa shape index (κ2) is 4.28. The fraction of sp³-hybridized carbons (Fsp3) is 0.889. The monoisotopic (exact) mass is 225 g/mol. The molecule has 0 bridgehead atoms. The van der Waals surface area contributed by atoms with Gasteiger partial charge in [-0.25, -0.2) is 4.79 Å². The summed E-state index contributed by atoms with van der Waals surface area (Å²) in [5.41, 5.74) is 0. The van der Waals surface area contributed by atoms with Gasteiger partial charge < -0.3 is 9.64 Å². The summed E-state index contributed by atoms with van der Waals surface area (Å²) in [6, 6.07) is -0.0502. The topological polar surface area (TPSA) is 29.5 Å². The van der Waals surface area contributed by atoms with E-state index in [1.807, 2.05) is 6.92 Å². The molecular weight excluding hydrogens is 211 g/mol. The van der Waals surface area contributed by atoms with Gasteiger partial charge in [-0.05, 0) is 25.7 Å². The quantitative estimate of drug-likeness (QED) is 0.738. The Morgan fingerprint density at radius 2 is 2.07 bits per heavy atom. The predicted octanol–water partition coefficient (Wildman–Crippen LogP) is 2.42. The lowest BCUT2D eigenvalue weighted by Gasteiger charge is -2.24. The van der Waals surface area contributed by atoms with Gasteiger partial charge in [0.1, 0.15) is 0 Å². The van der Waals surface area contributed by atoms with Crippen molar-refractivity contribution in [3.8, 4) is 0 Å². The highest BCUT2D eigenvalue weighted by Crippen LogP contribution is 2.34. The van der Waals surface area contributed by atoms with Gasteiger partial charge in [-0.2, -0.15) is 13.2 Å². The van der Waals surface area contributed by atoms with Crippen LogP contribution in [0, 0.1) is 5.92 Å². The number of halogens is 3. The van der Waals surface area contributed by atoms with Crippen molar-refractivity contribution in [3.63, 3.8) is 0 Å². The van der Waals surface area contributed by atoms with Gasteiger partial charge in [0, 0.05) is 13.1 Å². The van der Waals surface area contributed by atoms with E-state index in [9.17, 15) is 18.0 Å². The van der Waals surface area contributed by atoms with Crippen LogP contribution in [0.15, 0.2) is 0 Å². The molecule has 1 saturated carbocycles. The summed E-state index contributed by atoms with van der Waals surface area (Å²) in [7, 11) is 1.46. The zero-order valence-electron chi connectivity index (χ0n) is 8.67. The van der Waals surface area contributed by atoms with E-state index in [4.69, 9.17) is 0 Å². The second-order valence-electron chi connectivity index (χ2n) is 3.86. The number of amides is 1. The van der Waals surface area contributed by atoms with Crippen LogP contribution in [0.1, 0.15) is 19.8 Å². The minimum atomic E-state index is -4.46. The first kappa shape index (κ1) is 12.1. The maximum atomic E-state index is 11.8.